The number of anilines is 2. The van der Waals surface area contributed by atoms with Gasteiger partial charge in [0.1, 0.15) is 5.82 Å². The Bertz CT molecular complexity index is 751. The highest BCUT2D eigenvalue weighted by Crippen LogP contribution is 2.25. The summed E-state index contributed by atoms with van der Waals surface area (Å²) in [5.41, 5.74) is 5.67. The lowest BCUT2D eigenvalue weighted by atomic mass is 10.1. The number of nitrogen functional groups attached to an aromatic ring is 1. The number of halogens is 2. The number of rotatable bonds is 6. The lowest BCUT2D eigenvalue weighted by Gasteiger charge is -2.12. The summed E-state index contributed by atoms with van der Waals surface area (Å²) in [6.45, 7) is 3.85. The van der Waals surface area contributed by atoms with Gasteiger partial charge in [0.2, 0.25) is 5.95 Å². The number of pyridine rings is 1. The van der Waals surface area contributed by atoms with Crippen molar-refractivity contribution in [2.45, 2.75) is 26.7 Å². The minimum absolute atomic E-state index is 0.0226. The van der Waals surface area contributed by atoms with Gasteiger partial charge in [0.05, 0.1) is 17.9 Å². The Balaban J connectivity index is 2.20. The molecule has 3 N–H and O–H groups in total. The topological polar surface area (TPSA) is 77.2 Å². The zero-order chi connectivity index (χ0) is 17.7. The largest absolute Gasteiger partial charge is 0.490 e. The number of aryl methyl sites for hydroxylation is 1. The average Bonchev–Trinajstić information content (AvgIpc) is 2.54. The van der Waals surface area contributed by atoms with E-state index in [1.54, 1.807) is 6.07 Å². The van der Waals surface area contributed by atoms with E-state index in [0.29, 0.717) is 6.61 Å². The highest BCUT2D eigenvalue weighted by molar-refractivity contribution is 6.07. The molecule has 0 radical (unpaired) electrons. The maximum absolute atomic E-state index is 14.4. The molecule has 0 atom stereocenters. The first-order valence-electron chi connectivity index (χ1n) is 7.59. The van der Waals surface area contributed by atoms with Gasteiger partial charge < -0.3 is 15.8 Å². The zero-order valence-corrected chi connectivity index (χ0v) is 13.5. The van der Waals surface area contributed by atoms with Crippen LogP contribution in [0, 0.1) is 18.7 Å². The van der Waals surface area contributed by atoms with Crippen molar-refractivity contribution < 1.29 is 18.3 Å². The molecule has 2 aromatic rings. The van der Waals surface area contributed by atoms with Crippen LogP contribution in [-0.4, -0.2) is 17.5 Å². The van der Waals surface area contributed by atoms with Crippen molar-refractivity contribution in [2.24, 2.45) is 0 Å². The molecule has 1 amide bonds. The van der Waals surface area contributed by atoms with Crippen LogP contribution in [0.1, 0.15) is 35.7 Å². The fourth-order valence-corrected chi connectivity index (χ4v) is 2.02. The van der Waals surface area contributed by atoms with Crippen molar-refractivity contribution in [3.8, 4) is 5.75 Å². The number of hydrogen-bond acceptors (Lipinski definition) is 4. The average molecular weight is 335 g/mol. The molecule has 1 aromatic heterocycles. The van der Waals surface area contributed by atoms with Crippen LogP contribution in [0.15, 0.2) is 24.3 Å². The van der Waals surface area contributed by atoms with E-state index in [2.05, 4.69) is 10.3 Å². The van der Waals surface area contributed by atoms with Crippen molar-refractivity contribution in [1.82, 2.24) is 4.98 Å². The zero-order valence-electron chi connectivity index (χ0n) is 13.5. The van der Waals surface area contributed by atoms with Crippen LogP contribution in [0.2, 0.25) is 0 Å². The third kappa shape index (κ3) is 3.98. The van der Waals surface area contributed by atoms with Crippen molar-refractivity contribution >= 4 is 17.4 Å². The molecule has 0 fully saturated rings. The van der Waals surface area contributed by atoms with Gasteiger partial charge in [-0.25, -0.2) is 9.37 Å². The highest BCUT2D eigenvalue weighted by Gasteiger charge is 2.17. The Labute approximate surface area is 138 Å². The van der Waals surface area contributed by atoms with Gasteiger partial charge in [-0.2, -0.15) is 4.39 Å². The fourth-order valence-electron chi connectivity index (χ4n) is 2.02. The summed E-state index contributed by atoms with van der Waals surface area (Å²) in [7, 11) is 0. The van der Waals surface area contributed by atoms with Gasteiger partial charge in [-0.1, -0.05) is 19.4 Å². The monoisotopic (exact) mass is 335 g/mol. The number of carbonyl (C=O) groups excluding carboxylic acids is 1. The summed E-state index contributed by atoms with van der Waals surface area (Å²) < 4.78 is 33.0. The number of aromatic nitrogens is 1. The van der Waals surface area contributed by atoms with Gasteiger partial charge >= 0.3 is 0 Å². The molecule has 5 nitrogen and oxygen atoms in total. The minimum atomic E-state index is -0.749. The van der Waals surface area contributed by atoms with Crippen LogP contribution in [0.25, 0.3) is 0 Å². The van der Waals surface area contributed by atoms with Crippen molar-refractivity contribution in [2.75, 3.05) is 17.7 Å². The van der Waals surface area contributed by atoms with Crippen LogP contribution in [0.3, 0.4) is 0 Å². The molecule has 0 saturated heterocycles. The molecule has 0 unspecified atom stereocenters. The standard InChI is InChI=1S/C17H19F2N3O2/c1-3-4-8-24-13-7-5-6-12(14(13)18)21-17(23)11-9-10(2)15(19)22-16(11)20/h5-7,9H,3-4,8H2,1-2H3,(H2,20,22)(H,21,23). The second kappa shape index (κ2) is 7.72. The first-order chi connectivity index (χ1) is 11.4. The number of nitrogens with one attached hydrogen (secondary N) is 1. The molecular weight excluding hydrogens is 316 g/mol. The SMILES string of the molecule is CCCCOc1cccc(NC(=O)c2cc(C)c(F)nc2N)c1F. The van der Waals surface area contributed by atoms with Crippen molar-refractivity contribution in [3.05, 3.63) is 47.2 Å². The number of nitrogens with two attached hydrogens (primary N) is 1. The number of unbranched alkanes of at least 4 members (excludes halogenated alkanes) is 1. The second-order valence-electron chi connectivity index (χ2n) is 5.30. The predicted octanol–water partition coefficient (Wildman–Crippen LogP) is 3.68. The Morgan fingerprint density at radius 2 is 2.12 bits per heavy atom. The Hall–Kier alpha value is -2.70. The summed E-state index contributed by atoms with van der Waals surface area (Å²) in [5, 5.41) is 2.41. The van der Waals surface area contributed by atoms with Crippen molar-refractivity contribution in [3.63, 3.8) is 0 Å². The molecule has 1 heterocycles. The van der Waals surface area contributed by atoms with E-state index in [0.717, 1.165) is 12.8 Å². The van der Waals surface area contributed by atoms with Gasteiger partial charge in [0.25, 0.3) is 5.91 Å². The third-order valence-corrected chi connectivity index (χ3v) is 3.39. The summed E-state index contributed by atoms with van der Waals surface area (Å²) in [5.74, 6) is -2.30. The molecule has 0 aliphatic rings. The highest BCUT2D eigenvalue weighted by atomic mass is 19.1. The first-order valence-corrected chi connectivity index (χ1v) is 7.59. The van der Waals surface area contributed by atoms with Crippen molar-refractivity contribution in [1.29, 1.82) is 0 Å². The summed E-state index contributed by atoms with van der Waals surface area (Å²) in [6.07, 6.45) is 1.72. The Kier molecular flexibility index (Phi) is 5.68. The van der Waals surface area contributed by atoms with E-state index in [9.17, 15) is 13.6 Å². The van der Waals surface area contributed by atoms with E-state index >= 15 is 0 Å². The lowest BCUT2D eigenvalue weighted by molar-refractivity contribution is 0.102. The normalized spacial score (nSPS) is 10.5. The van der Waals surface area contributed by atoms with Gasteiger partial charge in [-0.3, -0.25) is 4.79 Å². The van der Waals surface area contributed by atoms with Gasteiger partial charge in [0, 0.05) is 5.56 Å². The summed E-state index contributed by atoms with van der Waals surface area (Å²) in [4.78, 5) is 15.7. The molecule has 2 rings (SSSR count). The number of hydrogen-bond donors (Lipinski definition) is 2. The Morgan fingerprint density at radius 1 is 1.38 bits per heavy atom. The molecular formula is C17H19F2N3O2. The molecule has 1 aromatic carbocycles. The molecule has 7 heteroatoms. The van der Waals surface area contributed by atoms with Gasteiger partial charge in [-0.15, -0.1) is 0 Å². The first kappa shape index (κ1) is 17.7. The number of carbonyl (C=O) groups is 1. The van der Waals surface area contributed by atoms with Crippen LogP contribution in [-0.2, 0) is 0 Å². The van der Waals surface area contributed by atoms with Crippen LogP contribution < -0.4 is 15.8 Å². The molecule has 24 heavy (non-hydrogen) atoms. The summed E-state index contributed by atoms with van der Waals surface area (Å²) >= 11 is 0. The van der Waals surface area contributed by atoms with Gasteiger partial charge in [-0.05, 0) is 31.5 Å². The van der Waals surface area contributed by atoms with Crippen LogP contribution in [0.5, 0.6) is 5.75 Å². The molecule has 0 aliphatic heterocycles. The number of amides is 1. The quantitative estimate of drug-likeness (QED) is 0.623. The predicted molar refractivity (Wildman–Crippen MR) is 88.1 cm³/mol. The molecule has 0 aliphatic carbocycles. The van der Waals surface area contributed by atoms with E-state index in [1.165, 1.54) is 25.1 Å². The molecule has 0 saturated carbocycles. The van der Waals surface area contributed by atoms with E-state index < -0.39 is 17.7 Å². The lowest BCUT2D eigenvalue weighted by Crippen LogP contribution is -2.17. The van der Waals surface area contributed by atoms with E-state index in [-0.39, 0.29) is 28.4 Å². The third-order valence-electron chi connectivity index (χ3n) is 3.39. The minimum Gasteiger partial charge on any atom is -0.490 e. The van der Waals surface area contributed by atoms with Gasteiger partial charge in [0.15, 0.2) is 11.6 Å². The smallest absolute Gasteiger partial charge is 0.259 e. The maximum atomic E-state index is 14.4. The molecule has 0 spiro atoms. The number of ether oxygens (including phenoxy) is 1. The Morgan fingerprint density at radius 3 is 2.83 bits per heavy atom. The molecule has 0 bridgehead atoms. The molecule has 128 valence electrons. The maximum Gasteiger partial charge on any atom is 0.259 e. The fraction of sp³-hybridized carbons (Fsp3) is 0.294. The number of benzene rings is 1. The summed E-state index contributed by atoms with van der Waals surface area (Å²) in [6, 6.07) is 5.72. The number of nitrogens with zero attached hydrogens (tertiary/aromatic N) is 1. The van der Waals surface area contributed by atoms with E-state index in [1.807, 2.05) is 6.92 Å². The van der Waals surface area contributed by atoms with Crippen LogP contribution >= 0.6 is 0 Å². The van der Waals surface area contributed by atoms with Crippen LogP contribution in [0.4, 0.5) is 20.3 Å². The second-order valence-corrected chi connectivity index (χ2v) is 5.30. The van der Waals surface area contributed by atoms with E-state index in [4.69, 9.17) is 10.5 Å².